The number of hydrogen-bond donors (Lipinski definition) is 0. The van der Waals surface area contributed by atoms with Gasteiger partial charge in [0.25, 0.3) is 0 Å². The average molecular weight is 254 g/mol. The monoisotopic (exact) mass is 254 g/mol. The molecule has 18 heavy (non-hydrogen) atoms. The highest BCUT2D eigenvalue weighted by atomic mass is 16.6. The first-order valence-electron chi connectivity index (χ1n) is 5.98. The summed E-state index contributed by atoms with van der Waals surface area (Å²) in [5.74, 6) is -2.07. The maximum Gasteiger partial charge on any atom is 0.323 e. The quantitative estimate of drug-likeness (QED) is 0.517. The van der Waals surface area contributed by atoms with Crippen molar-refractivity contribution < 1.29 is 28.6 Å². The molecule has 0 aromatic rings. The fourth-order valence-electron chi connectivity index (χ4n) is 3.49. The number of cyclic esters (lactones) is 2. The van der Waals surface area contributed by atoms with E-state index in [9.17, 15) is 14.4 Å². The molecule has 0 spiro atoms. The first kappa shape index (κ1) is 11.6. The molecule has 3 fully saturated rings. The lowest BCUT2D eigenvalue weighted by Crippen LogP contribution is -2.53. The van der Waals surface area contributed by atoms with Crippen LogP contribution in [0.4, 0.5) is 0 Å². The predicted octanol–water partition coefficient (Wildman–Crippen LogP) is 0.187. The highest BCUT2D eigenvalue weighted by molar-refractivity contribution is 6.01. The van der Waals surface area contributed by atoms with Gasteiger partial charge in [0, 0.05) is 6.92 Å². The van der Waals surface area contributed by atoms with Crippen molar-refractivity contribution in [1.29, 1.82) is 0 Å². The maximum atomic E-state index is 12.0. The van der Waals surface area contributed by atoms with Gasteiger partial charge in [0.2, 0.25) is 0 Å². The highest BCUT2D eigenvalue weighted by Gasteiger charge is 2.76. The molecular weight excluding hydrogens is 240 g/mol. The van der Waals surface area contributed by atoms with Crippen molar-refractivity contribution in [2.24, 2.45) is 11.3 Å². The molecular formula is C12H14O6. The van der Waals surface area contributed by atoms with E-state index in [4.69, 9.17) is 14.2 Å². The summed E-state index contributed by atoms with van der Waals surface area (Å²) >= 11 is 0. The standard InChI is InChI=1S/C12H14O6/c1-6(13)16-5-12-4-3-7(18-12)8-9(14)17-10(15)11(8,12)2/h7-8H,3-5H2,1-2H3/t7-,8-,11+,12-/m1/s1. The second-order valence-electron chi connectivity index (χ2n) is 5.36. The van der Waals surface area contributed by atoms with Crippen molar-refractivity contribution in [2.45, 2.75) is 38.4 Å². The van der Waals surface area contributed by atoms with Crippen molar-refractivity contribution in [3.05, 3.63) is 0 Å². The largest absolute Gasteiger partial charge is 0.463 e. The van der Waals surface area contributed by atoms with E-state index in [0.29, 0.717) is 12.8 Å². The molecule has 6 nitrogen and oxygen atoms in total. The van der Waals surface area contributed by atoms with Crippen LogP contribution in [0, 0.1) is 11.3 Å². The summed E-state index contributed by atoms with van der Waals surface area (Å²) in [6, 6.07) is 0. The minimum absolute atomic E-state index is 0.00574. The summed E-state index contributed by atoms with van der Waals surface area (Å²) in [6.45, 7) is 2.97. The van der Waals surface area contributed by atoms with Crippen LogP contribution in [0.1, 0.15) is 26.7 Å². The summed E-state index contributed by atoms with van der Waals surface area (Å²) in [5.41, 5.74) is -1.93. The molecule has 0 aliphatic carbocycles. The van der Waals surface area contributed by atoms with Crippen molar-refractivity contribution in [3.8, 4) is 0 Å². The van der Waals surface area contributed by atoms with Gasteiger partial charge in [-0.3, -0.25) is 14.4 Å². The van der Waals surface area contributed by atoms with Crippen molar-refractivity contribution in [3.63, 3.8) is 0 Å². The Morgan fingerprint density at radius 3 is 2.89 bits per heavy atom. The summed E-state index contributed by atoms with van der Waals surface area (Å²) in [5, 5.41) is 0. The molecule has 0 unspecified atom stereocenters. The molecule has 4 atom stereocenters. The van der Waals surface area contributed by atoms with Gasteiger partial charge in [-0.25, -0.2) is 0 Å². The first-order valence-corrected chi connectivity index (χ1v) is 5.98. The molecule has 0 radical (unpaired) electrons. The predicted molar refractivity (Wildman–Crippen MR) is 56.2 cm³/mol. The van der Waals surface area contributed by atoms with Crippen LogP contribution >= 0.6 is 0 Å². The molecule has 3 heterocycles. The lowest BCUT2D eigenvalue weighted by molar-refractivity contribution is -0.171. The molecule has 3 aliphatic rings. The first-order chi connectivity index (χ1) is 8.41. The molecule has 0 aromatic carbocycles. The Kier molecular flexibility index (Phi) is 2.15. The summed E-state index contributed by atoms with van der Waals surface area (Å²) < 4.78 is 15.6. The Morgan fingerprint density at radius 2 is 2.22 bits per heavy atom. The molecule has 6 heteroatoms. The van der Waals surface area contributed by atoms with E-state index < -0.39 is 34.8 Å². The van der Waals surface area contributed by atoms with E-state index in [0.717, 1.165) is 0 Å². The highest BCUT2D eigenvalue weighted by Crippen LogP contribution is 2.62. The molecule has 0 amide bonds. The van der Waals surface area contributed by atoms with Gasteiger partial charge in [0.15, 0.2) is 0 Å². The van der Waals surface area contributed by atoms with Gasteiger partial charge < -0.3 is 14.2 Å². The molecule has 0 N–H and O–H groups in total. The third-order valence-corrected chi connectivity index (χ3v) is 4.53. The second kappa shape index (κ2) is 3.32. The normalized spacial score (nSPS) is 45.0. The number of ether oxygens (including phenoxy) is 3. The molecule has 0 saturated carbocycles. The van der Waals surface area contributed by atoms with Crippen LogP contribution in [-0.4, -0.2) is 36.2 Å². The Bertz CT molecular complexity index is 457. The van der Waals surface area contributed by atoms with Gasteiger partial charge in [-0.05, 0) is 19.8 Å². The lowest BCUT2D eigenvalue weighted by atomic mass is 9.62. The van der Waals surface area contributed by atoms with Crippen LogP contribution in [0.3, 0.4) is 0 Å². The zero-order valence-electron chi connectivity index (χ0n) is 10.2. The van der Waals surface area contributed by atoms with Crippen LogP contribution in [-0.2, 0) is 28.6 Å². The maximum absolute atomic E-state index is 12.0. The Morgan fingerprint density at radius 1 is 1.50 bits per heavy atom. The van der Waals surface area contributed by atoms with Crippen molar-refractivity contribution in [2.75, 3.05) is 6.61 Å². The smallest absolute Gasteiger partial charge is 0.323 e. The molecule has 98 valence electrons. The van der Waals surface area contributed by atoms with Crippen LogP contribution < -0.4 is 0 Å². The Balaban J connectivity index is 1.98. The summed E-state index contributed by atoms with van der Waals surface area (Å²) in [6.07, 6.45) is 0.981. The van der Waals surface area contributed by atoms with E-state index in [1.165, 1.54) is 6.92 Å². The molecule has 3 rings (SSSR count). The van der Waals surface area contributed by atoms with Gasteiger partial charge in [-0.2, -0.15) is 0 Å². The third kappa shape index (κ3) is 1.14. The summed E-state index contributed by atoms with van der Waals surface area (Å²) in [7, 11) is 0. The third-order valence-electron chi connectivity index (χ3n) is 4.53. The molecule has 3 saturated heterocycles. The van der Waals surface area contributed by atoms with Crippen molar-refractivity contribution in [1.82, 2.24) is 0 Å². The topological polar surface area (TPSA) is 78.9 Å². The fraction of sp³-hybridized carbons (Fsp3) is 0.750. The number of carbonyl (C=O) groups excluding carboxylic acids is 3. The average Bonchev–Trinajstić information content (AvgIpc) is 2.87. The molecule has 2 bridgehead atoms. The van der Waals surface area contributed by atoms with Gasteiger partial charge in [-0.15, -0.1) is 0 Å². The van der Waals surface area contributed by atoms with Gasteiger partial charge in [-0.1, -0.05) is 0 Å². The Labute approximate surface area is 104 Å². The van der Waals surface area contributed by atoms with Gasteiger partial charge >= 0.3 is 17.9 Å². The number of carbonyl (C=O) groups is 3. The van der Waals surface area contributed by atoms with Crippen LogP contribution in [0.5, 0.6) is 0 Å². The second-order valence-corrected chi connectivity index (χ2v) is 5.36. The van der Waals surface area contributed by atoms with Crippen LogP contribution in [0.25, 0.3) is 0 Å². The minimum Gasteiger partial charge on any atom is -0.463 e. The van der Waals surface area contributed by atoms with Crippen LogP contribution in [0.2, 0.25) is 0 Å². The van der Waals surface area contributed by atoms with E-state index in [2.05, 4.69) is 0 Å². The Hall–Kier alpha value is -1.43. The fourth-order valence-corrected chi connectivity index (χ4v) is 3.49. The van der Waals surface area contributed by atoms with Gasteiger partial charge in [0.05, 0.1) is 6.10 Å². The molecule has 3 aliphatic heterocycles. The van der Waals surface area contributed by atoms with E-state index in [1.807, 2.05) is 0 Å². The number of rotatable bonds is 2. The minimum atomic E-state index is -1.03. The van der Waals surface area contributed by atoms with E-state index in [1.54, 1.807) is 6.92 Å². The lowest BCUT2D eigenvalue weighted by Gasteiger charge is -2.37. The number of hydrogen-bond acceptors (Lipinski definition) is 6. The number of esters is 3. The van der Waals surface area contributed by atoms with E-state index >= 15 is 0 Å². The zero-order valence-corrected chi connectivity index (χ0v) is 10.2. The van der Waals surface area contributed by atoms with Gasteiger partial charge in [0.1, 0.15) is 23.5 Å². The van der Waals surface area contributed by atoms with Crippen molar-refractivity contribution >= 4 is 17.9 Å². The van der Waals surface area contributed by atoms with Crippen LogP contribution in [0.15, 0.2) is 0 Å². The zero-order chi connectivity index (χ0) is 13.1. The molecule has 0 aromatic heterocycles. The number of fused-ring (bicyclic) bond motifs is 5. The van der Waals surface area contributed by atoms with E-state index in [-0.39, 0.29) is 12.7 Å². The summed E-state index contributed by atoms with van der Waals surface area (Å²) in [4.78, 5) is 34.6. The SMILES string of the molecule is CC(=O)OC[C@@]12CC[C@@H](O1)[C@@H]1C(=O)OC(=O)[C@]12C.